The number of aromatic amines is 3. The van der Waals surface area contributed by atoms with Gasteiger partial charge in [0.05, 0.1) is 64.9 Å². The van der Waals surface area contributed by atoms with Crippen molar-refractivity contribution < 1.29 is 0 Å². The third-order valence-electron chi connectivity index (χ3n) is 20.5. The maximum Gasteiger partial charge on any atom is 0.194 e. The predicted octanol–water partition coefficient (Wildman–Crippen LogP) is 20.9. The van der Waals surface area contributed by atoms with Crippen LogP contribution in [0.1, 0.15) is 105 Å². The smallest absolute Gasteiger partial charge is 0.194 e. The second kappa shape index (κ2) is 24.2. The van der Waals surface area contributed by atoms with Crippen molar-refractivity contribution in [2.45, 2.75) is 88.4 Å². The molecule has 0 saturated heterocycles. The van der Waals surface area contributed by atoms with Crippen LogP contribution in [0, 0.1) is 0 Å². The zero-order chi connectivity index (χ0) is 65.9. The van der Waals surface area contributed by atoms with Crippen LogP contribution >= 0.6 is 34.8 Å². The summed E-state index contributed by atoms with van der Waals surface area (Å²) < 4.78 is 0. The number of rotatable bonds is 11. The first-order valence-electron chi connectivity index (χ1n) is 33.7. The minimum Gasteiger partial charge on any atom is -0.346 e. The van der Waals surface area contributed by atoms with Gasteiger partial charge in [-0.25, -0.2) is 15.0 Å². The highest BCUT2D eigenvalue weighted by Crippen LogP contribution is 2.51. The van der Waals surface area contributed by atoms with Gasteiger partial charge in [-0.3, -0.25) is 29.3 Å². The number of pyridine rings is 9. The molecule has 3 N–H and O–H groups in total. The summed E-state index contributed by atoms with van der Waals surface area (Å²) in [4.78, 5) is 83.7. The van der Waals surface area contributed by atoms with E-state index in [1.807, 2.05) is 104 Å². The molecule has 0 unspecified atom stereocenters. The van der Waals surface area contributed by atoms with E-state index in [0.717, 1.165) is 175 Å². The minimum atomic E-state index is -0.0699. The molecule has 476 valence electrons. The molecule has 0 spiro atoms. The van der Waals surface area contributed by atoms with Crippen molar-refractivity contribution in [1.82, 2.24) is 44.9 Å². The Bertz CT molecular complexity index is 6030. The van der Waals surface area contributed by atoms with Crippen LogP contribution in [-0.4, -0.2) is 44.9 Å². The van der Waals surface area contributed by atoms with Gasteiger partial charge in [0.25, 0.3) is 0 Å². The highest BCUT2D eigenvalue weighted by molar-refractivity contribution is 6.36. The normalized spacial score (nSPS) is 14.6. The molecule has 15 heteroatoms. The van der Waals surface area contributed by atoms with Gasteiger partial charge in [0.1, 0.15) is 16.9 Å². The van der Waals surface area contributed by atoms with Crippen LogP contribution in [0.3, 0.4) is 0 Å². The van der Waals surface area contributed by atoms with Crippen LogP contribution in [0.15, 0.2) is 209 Å². The molecular formula is C83H60Cl3N9O3. The molecule has 0 radical (unpaired) electrons. The van der Waals surface area contributed by atoms with Crippen LogP contribution < -0.4 is 16.3 Å². The number of hydrogen-bond acceptors (Lipinski definition) is 9. The van der Waals surface area contributed by atoms with Crippen molar-refractivity contribution in [3.8, 4) is 89.4 Å². The second-order valence-electron chi connectivity index (χ2n) is 26.7. The molecule has 0 atom stereocenters. The lowest BCUT2D eigenvalue weighted by molar-refractivity contribution is 0.437. The standard InChI is InChI=1S/C83H60Cl3N9O3/c84-65-35-53(30-52-22-11-26-87-76(52)65)60-38-62-70(97)40-68(45-14-3-1-4-15-45)92-82(62)94-75(60)51-21-10-19-49(29-51)58-33-56-31-54(36-66(85)77(56)89-41-58)61-39-63-80(98)64(44-12-7-8-13-44)43-91-81(63)93-74(61)50-20-9-18-48(28-50)59-34-57-32-55(37-67(86)78(57)90-42-59)72-71(46-23-24-46)73-69(96)25-27-88-83(73)95-79(72)47-16-5-2-6-17-47/h2,5-6,9-11,16-22,25-46H,1,3-4,7-8,12-15,23-24H2,(H,88,95,96)(H,91,93,98)(H,92,94,97). The Kier molecular flexibility index (Phi) is 14.8. The summed E-state index contributed by atoms with van der Waals surface area (Å²) >= 11 is 21.7. The van der Waals surface area contributed by atoms with Gasteiger partial charge in [0.2, 0.25) is 0 Å². The summed E-state index contributed by atoms with van der Waals surface area (Å²) in [5, 5.41) is 5.51. The van der Waals surface area contributed by atoms with Crippen LogP contribution in [-0.2, 0) is 0 Å². The molecular weight excluding hydrogens is 1280 g/mol. The van der Waals surface area contributed by atoms with Gasteiger partial charge in [-0.15, -0.1) is 0 Å². The number of nitrogens with one attached hydrogen (secondary N) is 3. The molecule has 3 saturated carbocycles. The summed E-state index contributed by atoms with van der Waals surface area (Å²) in [5.74, 6) is 0.634. The largest absolute Gasteiger partial charge is 0.346 e. The van der Waals surface area contributed by atoms with E-state index in [4.69, 9.17) is 59.7 Å². The van der Waals surface area contributed by atoms with Crippen molar-refractivity contribution in [1.29, 1.82) is 0 Å². The first-order valence-corrected chi connectivity index (χ1v) is 34.8. The fourth-order valence-electron chi connectivity index (χ4n) is 15.5. The molecule has 98 heavy (non-hydrogen) atoms. The third-order valence-corrected chi connectivity index (χ3v) is 21.4. The van der Waals surface area contributed by atoms with Gasteiger partial charge in [0, 0.05) is 115 Å². The van der Waals surface area contributed by atoms with Gasteiger partial charge in [-0.1, -0.05) is 140 Å². The fraction of sp³-hybridized carbons (Fsp3) is 0.169. The molecule has 0 bridgehead atoms. The summed E-state index contributed by atoms with van der Waals surface area (Å²) in [6.45, 7) is 0. The van der Waals surface area contributed by atoms with Crippen molar-refractivity contribution in [3.63, 3.8) is 0 Å². The molecule has 18 rings (SSSR count). The Morgan fingerprint density at radius 3 is 1.63 bits per heavy atom. The maximum atomic E-state index is 14.8. The molecule has 6 aromatic carbocycles. The Labute approximate surface area is 576 Å². The van der Waals surface area contributed by atoms with Gasteiger partial charge in [-0.2, -0.15) is 0 Å². The lowest BCUT2D eigenvalue weighted by atomic mass is 9.86. The third kappa shape index (κ3) is 10.6. The van der Waals surface area contributed by atoms with Crippen molar-refractivity contribution in [2.75, 3.05) is 0 Å². The zero-order valence-electron chi connectivity index (χ0n) is 53.0. The van der Waals surface area contributed by atoms with E-state index in [0.29, 0.717) is 76.1 Å². The highest BCUT2D eigenvalue weighted by atomic mass is 35.5. The lowest BCUT2D eigenvalue weighted by Gasteiger charge is -2.22. The number of nitrogens with zero attached hydrogens (tertiary/aromatic N) is 6. The minimum absolute atomic E-state index is 0.0251. The number of aromatic nitrogens is 9. The van der Waals surface area contributed by atoms with Gasteiger partial charge >= 0.3 is 0 Å². The molecule has 12 nitrogen and oxygen atoms in total. The Morgan fingerprint density at radius 1 is 0.398 bits per heavy atom. The van der Waals surface area contributed by atoms with Crippen LogP contribution in [0.4, 0.5) is 0 Å². The van der Waals surface area contributed by atoms with Crippen LogP contribution in [0.25, 0.3) is 155 Å². The topological polar surface area (TPSA) is 176 Å². The number of fused-ring (bicyclic) bond motifs is 6. The molecule has 9 heterocycles. The number of benzene rings is 6. The molecule has 0 amide bonds. The predicted molar refractivity (Wildman–Crippen MR) is 398 cm³/mol. The first-order chi connectivity index (χ1) is 48.0. The van der Waals surface area contributed by atoms with E-state index >= 15 is 0 Å². The SMILES string of the molecule is O=c1cc(C2CCCCC2)[nH]c2nc(-c3cccc(-c4cnc5c(Cl)cc(-c6cc7c(=O)c(C8CCCC8)c[nH]c7nc6-c6cccc(-c7cnc8c(Cl)cc(-c9c(-c%10ccccc%10)nc%10[nH]ccc(=O)c%10c9C9CC9)cc8c7)c6)cc5c4)c3)c(-c3cc(Cl)c4ncccc4c3)cc12. The quantitative estimate of drug-likeness (QED) is 0.114. The van der Waals surface area contributed by atoms with E-state index in [1.54, 1.807) is 24.5 Å². The van der Waals surface area contributed by atoms with Gasteiger partial charge in [0.15, 0.2) is 16.3 Å². The Hall–Kier alpha value is -10.5. The first kappa shape index (κ1) is 60.0. The Morgan fingerprint density at radius 2 is 0.959 bits per heavy atom. The molecule has 3 aliphatic rings. The van der Waals surface area contributed by atoms with Crippen molar-refractivity contribution in [3.05, 3.63) is 257 Å². The van der Waals surface area contributed by atoms with Crippen LogP contribution in [0.2, 0.25) is 15.1 Å². The van der Waals surface area contributed by atoms with E-state index in [9.17, 15) is 14.4 Å². The average Bonchev–Trinajstić information content (AvgIpc) is 1.33. The fourth-order valence-corrected chi connectivity index (χ4v) is 16.4. The molecule has 0 aliphatic heterocycles. The summed E-state index contributed by atoms with van der Waals surface area (Å²) in [6.07, 6.45) is 20.5. The van der Waals surface area contributed by atoms with E-state index < -0.39 is 0 Å². The van der Waals surface area contributed by atoms with E-state index in [-0.39, 0.29) is 34.0 Å². The van der Waals surface area contributed by atoms with E-state index in [2.05, 4.69) is 86.7 Å². The molecule has 15 aromatic rings. The van der Waals surface area contributed by atoms with Gasteiger partial charge in [-0.05, 0) is 169 Å². The number of H-pyrrole nitrogens is 3. The number of hydrogen-bond donors (Lipinski definition) is 3. The highest BCUT2D eigenvalue weighted by Gasteiger charge is 2.33. The zero-order valence-corrected chi connectivity index (χ0v) is 55.3. The number of halogens is 3. The Balaban J connectivity index is 0.759. The van der Waals surface area contributed by atoms with Gasteiger partial charge < -0.3 is 15.0 Å². The van der Waals surface area contributed by atoms with Crippen molar-refractivity contribution in [2.24, 2.45) is 0 Å². The monoisotopic (exact) mass is 1340 g/mol. The average molecular weight is 1340 g/mol. The second-order valence-corrected chi connectivity index (χ2v) is 27.9. The maximum absolute atomic E-state index is 14.8. The molecule has 3 fully saturated rings. The molecule has 3 aliphatic carbocycles. The van der Waals surface area contributed by atoms with Crippen molar-refractivity contribution >= 4 is 101 Å². The summed E-state index contributed by atoms with van der Waals surface area (Å²) in [6, 6.07) is 54.0. The van der Waals surface area contributed by atoms with Crippen LogP contribution in [0.5, 0.6) is 0 Å². The molecule has 9 aromatic heterocycles. The van der Waals surface area contributed by atoms with E-state index in [1.165, 1.54) is 6.42 Å². The lowest BCUT2D eigenvalue weighted by Crippen LogP contribution is -2.14. The summed E-state index contributed by atoms with van der Waals surface area (Å²) in [5.41, 5.74) is 19.0. The summed E-state index contributed by atoms with van der Waals surface area (Å²) in [7, 11) is 0.